The molecule has 0 heterocycles. The fourth-order valence-corrected chi connectivity index (χ4v) is 1.41. The summed E-state index contributed by atoms with van der Waals surface area (Å²) >= 11 is 0. The molecule has 0 saturated carbocycles. The number of ether oxygens (including phenoxy) is 4. The number of esters is 1. The van der Waals surface area contributed by atoms with E-state index in [1.807, 2.05) is 13.8 Å². The minimum absolute atomic E-state index is 0.0170. The van der Waals surface area contributed by atoms with E-state index in [0.717, 1.165) is 6.42 Å². The van der Waals surface area contributed by atoms with Crippen molar-refractivity contribution in [1.82, 2.24) is 0 Å². The molecular formula is C14H28O6. The molecule has 0 aromatic rings. The van der Waals surface area contributed by atoms with E-state index in [9.17, 15) is 4.79 Å². The predicted molar refractivity (Wildman–Crippen MR) is 74.6 cm³/mol. The van der Waals surface area contributed by atoms with E-state index in [0.29, 0.717) is 52.5 Å². The van der Waals surface area contributed by atoms with Crippen molar-refractivity contribution in [2.75, 3.05) is 46.2 Å². The summed E-state index contributed by atoms with van der Waals surface area (Å²) in [6.07, 6.45) is 1.91. The molecule has 0 spiro atoms. The molecule has 0 fully saturated rings. The Bertz CT molecular complexity index is 222. The molecule has 0 saturated heterocycles. The Hall–Kier alpha value is -0.690. The van der Waals surface area contributed by atoms with Crippen LogP contribution in [0.5, 0.6) is 0 Å². The number of hydrogen-bond acceptors (Lipinski definition) is 6. The van der Waals surface area contributed by atoms with Crippen molar-refractivity contribution in [3.63, 3.8) is 0 Å². The van der Waals surface area contributed by atoms with Crippen LogP contribution in [-0.2, 0) is 23.7 Å². The van der Waals surface area contributed by atoms with E-state index in [1.165, 1.54) is 0 Å². The Kier molecular flexibility index (Phi) is 14.2. The highest BCUT2D eigenvalue weighted by Gasteiger charge is 2.08. The molecule has 1 N–H and O–H groups in total. The molecule has 0 amide bonds. The Balaban J connectivity index is 3.34. The average molecular weight is 292 g/mol. The monoisotopic (exact) mass is 292 g/mol. The number of hydrogen-bond donors (Lipinski definition) is 1. The predicted octanol–water partition coefficient (Wildman–Crippen LogP) is 1.15. The van der Waals surface area contributed by atoms with Crippen LogP contribution < -0.4 is 0 Å². The molecule has 6 heteroatoms. The van der Waals surface area contributed by atoms with Crippen LogP contribution in [0.4, 0.5) is 0 Å². The summed E-state index contributed by atoms with van der Waals surface area (Å²) in [4.78, 5) is 11.4. The highest BCUT2D eigenvalue weighted by molar-refractivity contribution is 5.69. The maximum absolute atomic E-state index is 11.4. The lowest BCUT2D eigenvalue weighted by atomic mass is 10.2. The first-order chi connectivity index (χ1) is 9.70. The molecule has 0 aliphatic carbocycles. The van der Waals surface area contributed by atoms with Gasteiger partial charge in [-0.3, -0.25) is 4.79 Å². The fraction of sp³-hybridized carbons (Fsp3) is 0.929. The van der Waals surface area contributed by atoms with Gasteiger partial charge >= 0.3 is 5.97 Å². The largest absolute Gasteiger partial charge is 0.463 e. The van der Waals surface area contributed by atoms with Gasteiger partial charge in [0.15, 0.2) is 0 Å². The van der Waals surface area contributed by atoms with Crippen molar-refractivity contribution >= 4 is 5.97 Å². The smallest absolute Gasteiger partial charge is 0.305 e. The Morgan fingerprint density at radius 2 is 1.75 bits per heavy atom. The van der Waals surface area contributed by atoms with Gasteiger partial charge in [-0.1, -0.05) is 6.92 Å². The summed E-state index contributed by atoms with van der Waals surface area (Å²) < 4.78 is 20.8. The van der Waals surface area contributed by atoms with Gasteiger partial charge < -0.3 is 24.1 Å². The van der Waals surface area contributed by atoms with E-state index >= 15 is 0 Å². The molecule has 1 unspecified atom stereocenters. The fourth-order valence-electron chi connectivity index (χ4n) is 1.41. The summed E-state index contributed by atoms with van der Waals surface area (Å²) in [5, 5.41) is 8.51. The van der Waals surface area contributed by atoms with Crippen LogP contribution in [0.25, 0.3) is 0 Å². The average Bonchev–Trinajstić information content (AvgIpc) is 2.44. The van der Waals surface area contributed by atoms with E-state index < -0.39 is 0 Å². The molecule has 0 radical (unpaired) electrons. The molecule has 1 atom stereocenters. The third-order valence-electron chi connectivity index (χ3n) is 2.46. The molecule has 20 heavy (non-hydrogen) atoms. The van der Waals surface area contributed by atoms with Crippen LogP contribution in [0.15, 0.2) is 0 Å². The normalized spacial score (nSPS) is 12.3. The number of carbonyl (C=O) groups is 1. The topological polar surface area (TPSA) is 74.2 Å². The minimum Gasteiger partial charge on any atom is -0.463 e. The Morgan fingerprint density at radius 1 is 1.05 bits per heavy atom. The molecule has 120 valence electrons. The lowest BCUT2D eigenvalue weighted by molar-refractivity contribution is -0.146. The van der Waals surface area contributed by atoms with Gasteiger partial charge in [-0.25, -0.2) is 0 Å². The number of aliphatic hydroxyl groups excluding tert-OH is 1. The number of aliphatic hydroxyl groups is 1. The highest BCUT2D eigenvalue weighted by atomic mass is 16.6. The third kappa shape index (κ3) is 13.7. The van der Waals surface area contributed by atoms with Crippen LogP contribution in [0, 0.1) is 0 Å². The van der Waals surface area contributed by atoms with Gasteiger partial charge in [-0.15, -0.1) is 0 Å². The second-order valence-corrected chi connectivity index (χ2v) is 4.39. The van der Waals surface area contributed by atoms with Gasteiger partial charge in [0.1, 0.15) is 6.61 Å². The molecule has 0 rings (SSSR count). The van der Waals surface area contributed by atoms with Crippen molar-refractivity contribution in [2.45, 2.75) is 39.2 Å². The van der Waals surface area contributed by atoms with Crippen LogP contribution in [-0.4, -0.2) is 63.4 Å². The first kappa shape index (κ1) is 19.3. The van der Waals surface area contributed by atoms with Crippen molar-refractivity contribution in [3.05, 3.63) is 0 Å². The van der Waals surface area contributed by atoms with Gasteiger partial charge in [0.25, 0.3) is 0 Å². The van der Waals surface area contributed by atoms with E-state index in [-0.39, 0.29) is 18.7 Å². The van der Waals surface area contributed by atoms with Gasteiger partial charge in [-0.2, -0.15) is 0 Å². The minimum atomic E-state index is -0.225. The zero-order chi connectivity index (χ0) is 15.1. The molecule has 0 aliphatic heterocycles. The van der Waals surface area contributed by atoms with Crippen molar-refractivity contribution in [1.29, 1.82) is 0 Å². The van der Waals surface area contributed by atoms with Crippen LogP contribution >= 0.6 is 0 Å². The summed E-state index contributed by atoms with van der Waals surface area (Å²) in [6, 6.07) is 0. The van der Waals surface area contributed by atoms with Gasteiger partial charge in [-0.05, 0) is 19.8 Å². The summed E-state index contributed by atoms with van der Waals surface area (Å²) in [7, 11) is 0. The number of rotatable bonds is 14. The molecule has 0 aromatic carbocycles. The molecule has 0 aromatic heterocycles. The van der Waals surface area contributed by atoms with Gasteiger partial charge in [0.05, 0.1) is 39.1 Å². The summed E-state index contributed by atoms with van der Waals surface area (Å²) in [5.74, 6) is -0.225. The van der Waals surface area contributed by atoms with Gasteiger partial charge in [0.2, 0.25) is 0 Å². The first-order valence-electron chi connectivity index (χ1n) is 7.24. The van der Waals surface area contributed by atoms with E-state index in [2.05, 4.69) is 0 Å². The standard InChI is InChI=1S/C14H28O6/c1-3-7-17-10-12-20-14(16)5-4-13(2)19-11-9-18-8-6-15/h13,15H,3-12H2,1-2H3. The zero-order valence-corrected chi connectivity index (χ0v) is 12.6. The van der Waals surface area contributed by atoms with Crippen LogP contribution in [0.3, 0.4) is 0 Å². The highest BCUT2D eigenvalue weighted by Crippen LogP contribution is 2.03. The van der Waals surface area contributed by atoms with Gasteiger partial charge in [0, 0.05) is 13.0 Å². The van der Waals surface area contributed by atoms with Crippen molar-refractivity contribution in [2.24, 2.45) is 0 Å². The lowest BCUT2D eigenvalue weighted by Crippen LogP contribution is -2.17. The molecule has 6 nitrogen and oxygen atoms in total. The molecular weight excluding hydrogens is 264 g/mol. The van der Waals surface area contributed by atoms with Crippen molar-refractivity contribution in [3.8, 4) is 0 Å². The summed E-state index contributed by atoms with van der Waals surface area (Å²) in [6.45, 7) is 6.64. The van der Waals surface area contributed by atoms with E-state index in [1.54, 1.807) is 0 Å². The Labute approximate surface area is 121 Å². The third-order valence-corrected chi connectivity index (χ3v) is 2.46. The zero-order valence-electron chi connectivity index (χ0n) is 12.6. The van der Waals surface area contributed by atoms with Crippen molar-refractivity contribution < 1.29 is 28.8 Å². The Morgan fingerprint density at radius 3 is 2.45 bits per heavy atom. The quantitative estimate of drug-likeness (QED) is 0.382. The SMILES string of the molecule is CCCOCCOC(=O)CCC(C)OCCOCCO. The van der Waals surface area contributed by atoms with E-state index in [4.69, 9.17) is 24.1 Å². The maximum Gasteiger partial charge on any atom is 0.305 e. The number of carbonyl (C=O) groups excluding carboxylic acids is 1. The summed E-state index contributed by atoms with van der Waals surface area (Å²) in [5.41, 5.74) is 0. The lowest BCUT2D eigenvalue weighted by Gasteiger charge is -2.12. The molecule has 0 aliphatic rings. The second kappa shape index (κ2) is 14.7. The molecule has 0 bridgehead atoms. The maximum atomic E-state index is 11.4. The van der Waals surface area contributed by atoms with Crippen LogP contribution in [0.2, 0.25) is 0 Å². The van der Waals surface area contributed by atoms with Crippen LogP contribution in [0.1, 0.15) is 33.1 Å². The second-order valence-electron chi connectivity index (χ2n) is 4.39. The first-order valence-corrected chi connectivity index (χ1v) is 7.24.